The number of hydrogen-bond donors (Lipinski definition) is 1. The first-order valence-electron chi connectivity index (χ1n) is 7.88. The van der Waals surface area contributed by atoms with Crippen molar-refractivity contribution in [2.75, 3.05) is 34.9 Å². The molecule has 6 heteroatoms. The Labute approximate surface area is 147 Å². The maximum Gasteiger partial charge on any atom is 0.255 e. The molecule has 2 rings (SSSR count). The molecule has 0 unspecified atom stereocenters. The van der Waals surface area contributed by atoms with E-state index in [1.54, 1.807) is 31.4 Å². The molecule has 0 fully saturated rings. The predicted octanol–water partition coefficient (Wildman–Crippen LogP) is 2.88. The molecule has 134 valence electrons. The first-order valence-corrected chi connectivity index (χ1v) is 7.88. The SMILES string of the molecule is COc1ccc(C(=O)NC[C@H](c2cccc(F)c2)N(C)C)c(OC)c1. The summed E-state index contributed by atoms with van der Waals surface area (Å²) in [5.41, 5.74) is 1.21. The van der Waals surface area contributed by atoms with E-state index in [2.05, 4.69) is 5.32 Å². The van der Waals surface area contributed by atoms with Crippen LogP contribution >= 0.6 is 0 Å². The number of methoxy groups -OCH3 is 2. The quantitative estimate of drug-likeness (QED) is 0.838. The van der Waals surface area contributed by atoms with Gasteiger partial charge in [0.05, 0.1) is 25.8 Å². The van der Waals surface area contributed by atoms with Crippen LogP contribution in [0.2, 0.25) is 0 Å². The van der Waals surface area contributed by atoms with Crippen LogP contribution in [0, 0.1) is 5.82 Å². The molecule has 0 bridgehead atoms. The molecule has 2 aromatic rings. The van der Waals surface area contributed by atoms with Crippen molar-refractivity contribution >= 4 is 5.91 Å². The second-order valence-corrected chi connectivity index (χ2v) is 5.81. The Balaban J connectivity index is 2.14. The first-order chi connectivity index (χ1) is 12.0. The molecule has 0 saturated heterocycles. The molecule has 5 nitrogen and oxygen atoms in total. The number of halogens is 1. The van der Waals surface area contributed by atoms with E-state index in [0.29, 0.717) is 23.6 Å². The summed E-state index contributed by atoms with van der Waals surface area (Å²) in [7, 11) is 6.82. The lowest BCUT2D eigenvalue weighted by Gasteiger charge is -2.25. The Morgan fingerprint density at radius 2 is 1.92 bits per heavy atom. The van der Waals surface area contributed by atoms with Crippen LogP contribution in [0.3, 0.4) is 0 Å². The summed E-state index contributed by atoms with van der Waals surface area (Å²) >= 11 is 0. The molecule has 0 aliphatic rings. The third-order valence-corrected chi connectivity index (χ3v) is 3.97. The van der Waals surface area contributed by atoms with Crippen molar-refractivity contribution in [3.8, 4) is 11.5 Å². The van der Waals surface area contributed by atoms with Gasteiger partial charge < -0.3 is 19.7 Å². The molecule has 0 aromatic heterocycles. The Bertz CT molecular complexity index is 734. The Morgan fingerprint density at radius 3 is 2.52 bits per heavy atom. The van der Waals surface area contributed by atoms with Crippen LogP contribution in [-0.4, -0.2) is 45.7 Å². The maximum atomic E-state index is 13.5. The zero-order chi connectivity index (χ0) is 18.4. The van der Waals surface area contributed by atoms with Crippen LogP contribution in [-0.2, 0) is 0 Å². The molecule has 0 heterocycles. The van der Waals surface area contributed by atoms with E-state index < -0.39 is 0 Å². The van der Waals surface area contributed by atoms with Crippen molar-refractivity contribution in [3.05, 3.63) is 59.4 Å². The molecule has 1 atom stereocenters. The minimum Gasteiger partial charge on any atom is -0.497 e. The zero-order valence-corrected chi connectivity index (χ0v) is 14.9. The molecule has 0 saturated carbocycles. The molecule has 25 heavy (non-hydrogen) atoms. The lowest BCUT2D eigenvalue weighted by molar-refractivity contribution is 0.0939. The minimum atomic E-state index is -0.299. The molecule has 2 aromatic carbocycles. The summed E-state index contributed by atoms with van der Waals surface area (Å²) in [6.45, 7) is 0.338. The van der Waals surface area contributed by atoms with Gasteiger partial charge in [0.2, 0.25) is 0 Å². The van der Waals surface area contributed by atoms with Gasteiger partial charge in [-0.1, -0.05) is 12.1 Å². The van der Waals surface area contributed by atoms with Crippen LogP contribution in [0.1, 0.15) is 22.0 Å². The molecule has 1 amide bonds. The topological polar surface area (TPSA) is 50.8 Å². The molecular weight excluding hydrogens is 323 g/mol. The van der Waals surface area contributed by atoms with Crippen molar-refractivity contribution in [2.24, 2.45) is 0 Å². The molecular formula is C19H23FN2O3. The molecule has 0 spiro atoms. The minimum absolute atomic E-state index is 0.149. The van der Waals surface area contributed by atoms with Gasteiger partial charge in [0.25, 0.3) is 5.91 Å². The predicted molar refractivity (Wildman–Crippen MR) is 94.7 cm³/mol. The van der Waals surface area contributed by atoms with Crippen molar-refractivity contribution < 1.29 is 18.7 Å². The van der Waals surface area contributed by atoms with E-state index >= 15 is 0 Å². The fraction of sp³-hybridized carbons (Fsp3) is 0.316. The van der Waals surface area contributed by atoms with E-state index in [4.69, 9.17) is 9.47 Å². The Morgan fingerprint density at radius 1 is 1.16 bits per heavy atom. The third kappa shape index (κ3) is 4.70. The van der Waals surface area contributed by atoms with Crippen LogP contribution in [0.4, 0.5) is 4.39 Å². The summed E-state index contributed by atoms with van der Waals surface area (Å²) in [5, 5.41) is 2.89. The highest BCUT2D eigenvalue weighted by Crippen LogP contribution is 2.25. The number of carbonyl (C=O) groups is 1. The van der Waals surface area contributed by atoms with E-state index in [9.17, 15) is 9.18 Å². The molecule has 1 N–H and O–H groups in total. The van der Waals surface area contributed by atoms with E-state index in [1.165, 1.54) is 19.2 Å². The van der Waals surface area contributed by atoms with Gasteiger partial charge in [-0.3, -0.25) is 4.79 Å². The second-order valence-electron chi connectivity index (χ2n) is 5.81. The summed E-state index contributed by atoms with van der Waals surface area (Å²) in [5.74, 6) is 0.485. The van der Waals surface area contributed by atoms with Gasteiger partial charge in [-0.2, -0.15) is 0 Å². The van der Waals surface area contributed by atoms with Gasteiger partial charge >= 0.3 is 0 Å². The Hall–Kier alpha value is -2.60. The fourth-order valence-electron chi connectivity index (χ4n) is 2.58. The highest BCUT2D eigenvalue weighted by atomic mass is 19.1. The van der Waals surface area contributed by atoms with E-state index in [-0.39, 0.29) is 17.8 Å². The normalized spacial score (nSPS) is 11.9. The van der Waals surface area contributed by atoms with Gasteiger partial charge in [0.1, 0.15) is 17.3 Å². The molecule has 0 radical (unpaired) electrons. The van der Waals surface area contributed by atoms with Gasteiger partial charge in [0, 0.05) is 12.6 Å². The number of benzene rings is 2. The van der Waals surface area contributed by atoms with Gasteiger partial charge in [-0.25, -0.2) is 4.39 Å². The third-order valence-electron chi connectivity index (χ3n) is 3.97. The summed E-state index contributed by atoms with van der Waals surface area (Å²) in [6, 6.07) is 11.2. The number of amides is 1. The number of likely N-dealkylation sites (N-methyl/N-ethyl adjacent to an activating group) is 1. The number of nitrogens with zero attached hydrogens (tertiary/aromatic N) is 1. The number of carbonyl (C=O) groups excluding carboxylic acids is 1. The van der Waals surface area contributed by atoms with Crippen LogP contribution < -0.4 is 14.8 Å². The summed E-state index contributed by atoms with van der Waals surface area (Å²) in [6.07, 6.45) is 0. The lowest BCUT2D eigenvalue weighted by atomic mass is 10.1. The monoisotopic (exact) mass is 346 g/mol. The summed E-state index contributed by atoms with van der Waals surface area (Å²) in [4.78, 5) is 14.5. The fourth-order valence-corrected chi connectivity index (χ4v) is 2.58. The van der Waals surface area contributed by atoms with Gasteiger partial charge in [-0.05, 0) is 43.9 Å². The van der Waals surface area contributed by atoms with Crippen molar-refractivity contribution in [2.45, 2.75) is 6.04 Å². The smallest absolute Gasteiger partial charge is 0.255 e. The number of rotatable bonds is 7. The number of hydrogen-bond acceptors (Lipinski definition) is 4. The average Bonchev–Trinajstić information content (AvgIpc) is 2.60. The summed E-state index contributed by atoms with van der Waals surface area (Å²) < 4.78 is 23.9. The number of nitrogens with one attached hydrogen (secondary N) is 1. The lowest BCUT2D eigenvalue weighted by Crippen LogP contribution is -2.34. The molecule has 0 aliphatic heterocycles. The first kappa shape index (κ1) is 18.7. The number of ether oxygens (including phenoxy) is 2. The van der Waals surface area contributed by atoms with E-state index in [1.807, 2.05) is 25.1 Å². The van der Waals surface area contributed by atoms with E-state index in [0.717, 1.165) is 5.56 Å². The second kappa shape index (κ2) is 8.48. The van der Waals surface area contributed by atoms with Crippen LogP contribution in [0.25, 0.3) is 0 Å². The molecule has 0 aliphatic carbocycles. The van der Waals surface area contributed by atoms with Crippen LogP contribution in [0.15, 0.2) is 42.5 Å². The van der Waals surface area contributed by atoms with Crippen molar-refractivity contribution in [1.29, 1.82) is 0 Å². The highest BCUT2D eigenvalue weighted by Gasteiger charge is 2.18. The Kier molecular flexibility index (Phi) is 6.36. The van der Waals surface area contributed by atoms with Gasteiger partial charge in [-0.15, -0.1) is 0 Å². The van der Waals surface area contributed by atoms with Crippen molar-refractivity contribution in [3.63, 3.8) is 0 Å². The largest absolute Gasteiger partial charge is 0.497 e. The zero-order valence-electron chi connectivity index (χ0n) is 14.9. The maximum absolute atomic E-state index is 13.5. The standard InChI is InChI=1S/C19H23FN2O3/c1-22(2)17(13-6-5-7-14(20)10-13)12-21-19(23)16-9-8-15(24-3)11-18(16)25-4/h5-11,17H,12H2,1-4H3,(H,21,23)/t17-/m1/s1. The van der Waals surface area contributed by atoms with Crippen LogP contribution in [0.5, 0.6) is 11.5 Å². The highest BCUT2D eigenvalue weighted by molar-refractivity contribution is 5.97. The van der Waals surface area contributed by atoms with Gasteiger partial charge in [0.15, 0.2) is 0 Å². The van der Waals surface area contributed by atoms with Crippen molar-refractivity contribution in [1.82, 2.24) is 10.2 Å². The average molecular weight is 346 g/mol.